The molecule has 5 aliphatic rings. The second-order valence-corrected chi connectivity index (χ2v) is 13.1. The van der Waals surface area contributed by atoms with Crippen molar-refractivity contribution in [2.45, 2.75) is 82.2 Å². The molecule has 1 aliphatic carbocycles. The van der Waals surface area contributed by atoms with Gasteiger partial charge in [0.05, 0.1) is 11.6 Å². The van der Waals surface area contributed by atoms with E-state index < -0.39 is 5.82 Å². The lowest BCUT2D eigenvalue weighted by molar-refractivity contribution is 0.108. The lowest BCUT2D eigenvalue weighted by atomic mass is 9.80. The van der Waals surface area contributed by atoms with Crippen LogP contribution in [0.5, 0.6) is 17.6 Å². The Balaban J connectivity index is 1.29. The predicted octanol–water partition coefficient (Wildman–Crippen LogP) is 5.90. The van der Waals surface area contributed by atoms with Crippen molar-refractivity contribution in [2.75, 3.05) is 37.7 Å². The Labute approximate surface area is 245 Å². The Bertz CT molecular complexity index is 1610. The number of nitrogens with zero attached hydrogens (tertiary/aromatic N) is 5. The highest BCUT2D eigenvalue weighted by atomic mass is 19.1. The van der Waals surface area contributed by atoms with Crippen molar-refractivity contribution in [1.29, 1.82) is 0 Å². The molecule has 3 saturated heterocycles. The maximum atomic E-state index is 16.9. The molecule has 3 fully saturated rings. The molecule has 0 radical (unpaired) electrons. The normalized spacial score (nSPS) is 26.9. The molecule has 220 valence electrons. The highest BCUT2D eigenvalue weighted by Gasteiger charge is 2.46. The minimum atomic E-state index is -0.526. The Kier molecular flexibility index (Phi) is 6.11. The molecule has 0 saturated carbocycles. The van der Waals surface area contributed by atoms with Crippen LogP contribution in [-0.4, -0.2) is 69.4 Å². The van der Waals surface area contributed by atoms with E-state index in [1.165, 1.54) is 5.57 Å². The van der Waals surface area contributed by atoms with Gasteiger partial charge in [0.25, 0.3) is 0 Å². The molecule has 1 aromatic carbocycles. The largest absolute Gasteiger partial charge is 0.508 e. The standard InChI is InChI=1S/C33H38FN5O3/c1-19-15-33(10-6-11-38(33)16-19)18-42-32-36-29-26-30(37-32)39-12-4-3-9-22(39)17-41-31(26)35-28(27(29)34)24-14-23(40)13-21-8-5-7-20(2)25(21)24/h13-14,20,22,40H,1,3-12,15-18H2,2H3/t20-,22+,33+/m1/s1. The first-order valence-corrected chi connectivity index (χ1v) is 15.6. The van der Waals surface area contributed by atoms with Crippen molar-refractivity contribution < 1.29 is 19.0 Å². The quantitative estimate of drug-likeness (QED) is 0.388. The van der Waals surface area contributed by atoms with E-state index >= 15 is 4.39 Å². The van der Waals surface area contributed by atoms with E-state index in [9.17, 15) is 5.11 Å². The summed E-state index contributed by atoms with van der Waals surface area (Å²) in [5, 5.41) is 11.2. The molecule has 8 nitrogen and oxygen atoms in total. The van der Waals surface area contributed by atoms with Crippen LogP contribution < -0.4 is 14.4 Å². The number of aromatic nitrogens is 3. The first kappa shape index (κ1) is 26.2. The van der Waals surface area contributed by atoms with Gasteiger partial charge < -0.3 is 19.5 Å². The molecule has 3 atom stereocenters. The van der Waals surface area contributed by atoms with Gasteiger partial charge in [-0.3, -0.25) is 4.90 Å². The summed E-state index contributed by atoms with van der Waals surface area (Å²) in [6.07, 6.45) is 9.11. The minimum absolute atomic E-state index is 0.0931. The van der Waals surface area contributed by atoms with Crippen molar-refractivity contribution in [1.82, 2.24) is 19.9 Å². The third-order valence-electron chi connectivity index (χ3n) is 10.3. The summed E-state index contributed by atoms with van der Waals surface area (Å²) in [6.45, 7) is 10.1. The van der Waals surface area contributed by atoms with Gasteiger partial charge in [0.2, 0.25) is 5.88 Å². The number of hydrogen-bond donors (Lipinski definition) is 1. The molecule has 0 spiro atoms. The van der Waals surface area contributed by atoms with Crippen LogP contribution in [0.25, 0.3) is 22.2 Å². The molecule has 2 aromatic heterocycles. The van der Waals surface area contributed by atoms with Gasteiger partial charge in [-0.25, -0.2) is 9.37 Å². The van der Waals surface area contributed by atoms with Crippen LogP contribution in [0.1, 0.15) is 75.3 Å². The number of phenols is 1. The molecule has 42 heavy (non-hydrogen) atoms. The molecule has 1 N–H and O–H groups in total. The summed E-state index contributed by atoms with van der Waals surface area (Å²) in [4.78, 5) is 19.2. The smallest absolute Gasteiger partial charge is 0.319 e. The maximum Gasteiger partial charge on any atom is 0.319 e. The van der Waals surface area contributed by atoms with E-state index in [0.29, 0.717) is 35.9 Å². The van der Waals surface area contributed by atoms with Crippen LogP contribution in [0.3, 0.4) is 0 Å². The third-order valence-corrected chi connectivity index (χ3v) is 10.3. The van der Waals surface area contributed by atoms with Crippen molar-refractivity contribution in [3.63, 3.8) is 0 Å². The van der Waals surface area contributed by atoms with Crippen molar-refractivity contribution in [3.8, 4) is 28.9 Å². The lowest BCUT2D eigenvalue weighted by Gasteiger charge is -2.35. The number of benzene rings is 1. The molecule has 0 amide bonds. The molecule has 8 rings (SSSR count). The molecule has 3 aromatic rings. The monoisotopic (exact) mass is 571 g/mol. The summed E-state index contributed by atoms with van der Waals surface area (Å²) in [7, 11) is 0. The number of hydrogen-bond acceptors (Lipinski definition) is 8. The van der Waals surface area contributed by atoms with Gasteiger partial charge in [-0.15, -0.1) is 0 Å². The van der Waals surface area contributed by atoms with E-state index in [1.54, 1.807) is 6.07 Å². The highest BCUT2D eigenvalue weighted by Crippen LogP contribution is 2.46. The zero-order valence-corrected chi connectivity index (χ0v) is 24.3. The van der Waals surface area contributed by atoms with Gasteiger partial charge in [-0.05, 0) is 93.5 Å². The Hall–Kier alpha value is -3.46. The van der Waals surface area contributed by atoms with Gasteiger partial charge >= 0.3 is 6.01 Å². The minimum Gasteiger partial charge on any atom is -0.508 e. The molecule has 9 heteroatoms. The fraction of sp³-hybridized carbons (Fsp3) is 0.545. The van der Waals surface area contributed by atoms with Crippen LogP contribution >= 0.6 is 0 Å². The number of aromatic hydroxyl groups is 1. The molecule has 0 bridgehead atoms. The number of pyridine rings is 1. The van der Waals surface area contributed by atoms with Crippen molar-refractivity contribution >= 4 is 16.7 Å². The van der Waals surface area contributed by atoms with Gasteiger partial charge in [0.15, 0.2) is 5.82 Å². The number of aryl methyl sites for hydroxylation is 1. The van der Waals surface area contributed by atoms with E-state index in [0.717, 1.165) is 88.5 Å². The van der Waals surface area contributed by atoms with Gasteiger partial charge in [-0.1, -0.05) is 19.1 Å². The summed E-state index contributed by atoms with van der Waals surface area (Å²) < 4.78 is 29.6. The Morgan fingerprint density at radius 3 is 2.95 bits per heavy atom. The van der Waals surface area contributed by atoms with Crippen LogP contribution in [0.2, 0.25) is 0 Å². The SMILES string of the molecule is C=C1CN2CCC[C@@]2(COc2nc3c4c(nc(-c5cc(O)cc6c5[C@H](C)CCC6)c(F)c4n2)OC[C@@H]2CCCCN32)C1. The van der Waals surface area contributed by atoms with E-state index in [1.807, 2.05) is 6.07 Å². The van der Waals surface area contributed by atoms with Crippen LogP contribution in [-0.2, 0) is 6.42 Å². The van der Waals surface area contributed by atoms with E-state index in [2.05, 4.69) is 23.3 Å². The third kappa shape index (κ3) is 4.07. The van der Waals surface area contributed by atoms with Gasteiger partial charge in [0, 0.05) is 18.7 Å². The van der Waals surface area contributed by atoms with Crippen molar-refractivity contribution in [2.24, 2.45) is 0 Å². The number of rotatable bonds is 4. The van der Waals surface area contributed by atoms with Crippen LogP contribution in [0.4, 0.5) is 10.2 Å². The molecule has 0 unspecified atom stereocenters. The molecule has 6 heterocycles. The molecular formula is C33H38FN5O3. The van der Waals surface area contributed by atoms with E-state index in [-0.39, 0.29) is 40.5 Å². The average molecular weight is 572 g/mol. The Morgan fingerprint density at radius 1 is 1.14 bits per heavy atom. The van der Waals surface area contributed by atoms with Crippen molar-refractivity contribution in [3.05, 3.63) is 41.2 Å². The average Bonchev–Trinajstić information content (AvgIpc) is 3.45. The fourth-order valence-electron chi connectivity index (χ4n) is 8.36. The molecular weight excluding hydrogens is 533 g/mol. The zero-order chi connectivity index (χ0) is 28.6. The van der Waals surface area contributed by atoms with Gasteiger partial charge in [-0.2, -0.15) is 9.97 Å². The van der Waals surface area contributed by atoms with E-state index in [4.69, 9.17) is 24.4 Å². The number of anilines is 1. The number of fused-ring (bicyclic) bond motifs is 4. The van der Waals surface area contributed by atoms with Gasteiger partial charge in [0.1, 0.15) is 41.4 Å². The Morgan fingerprint density at radius 2 is 2.05 bits per heavy atom. The fourth-order valence-corrected chi connectivity index (χ4v) is 8.36. The summed E-state index contributed by atoms with van der Waals surface area (Å²) in [5.41, 5.74) is 4.19. The maximum absolute atomic E-state index is 16.9. The second kappa shape index (κ2) is 9.79. The number of ether oxygens (including phenoxy) is 2. The molecule has 4 aliphatic heterocycles. The predicted molar refractivity (Wildman–Crippen MR) is 159 cm³/mol. The number of halogens is 1. The lowest BCUT2D eigenvalue weighted by Crippen LogP contribution is -2.44. The van der Waals surface area contributed by atoms with Crippen LogP contribution in [0, 0.1) is 5.82 Å². The second-order valence-electron chi connectivity index (χ2n) is 13.1. The number of piperidine rings is 1. The summed E-state index contributed by atoms with van der Waals surface area (Å²) in [5.74, 6) is 0.819. The number of phenolic OH excluding ortho intramolecular Hbond substituents is 1. The highest BCUT2D eigenvalue weighted by molar-refractivity contribution is 5.97. The zero-order valence-electron chi connectivity index (χ0n) is 24.3. The first-order valence-electron chi connectivity index (χ1n) is 15.6. The summed E-state index contributed by atoms with van der Waals surface area (Å²) >= 11 is 0. The topological polar surface area (TPSA) is 83.8 Å². The summed E-state index contributed by atoms with van der Waals surface area (Å²) in [6, 6.07) is 3.77. The van der Waals surface area contributed by atoms with Crippen LogP contribution in [0.15, 0.2) is 24.3 Å². The first-order chi connectivity index (χ1) is 20.4.